The number of rotatable bonds is 6. The van der Waals surface area contributed by atoms with Crippen LogP contribution in [0.15, 0.2) is 65.9 Å². The summed E-state index contributed by atoms with van der Waals surface area (Å²) in [4.78, 5) is 6.29. The summed E-state index contributed by atoms with van der Waals surface area (Å²) in [5.74, 6) is 0.311. The number of hydrogen-bond acceptors (Lipinski definition) is 3. The van der Waals surface area contributed by atoms with E-state index in [-0.39, 0.29) is 12.2 Å². The molecular formula is C21H24FN5O. The summed E-state index contributed by atoms with van der Waals surface area (Å²) in [5.41, 5.74) is 3.22. The van der Waals surface area contributed by atoms with Gasteiger partial charge in [0.1, 0.15) is 5.82 Å². The molecule has 1 heterocycles. The zero-order chi connectivity index (χ0) is 19.9. The largest absolute Gasteiger partial charge is 0.392 e. The number of nitrogens with one attached hydrogen (secondary N) is 1. The van der Waals surface area contributed by atoms with Crippen molar-refractivity contribution in [2.24, 2.45) is 4.99 Å². The molecule has 0 aliphatic heterocycles. The molecule has 0 fully saturated rings. The van der Waals surface area contributed by atoms with Crippen molar-refractivity contribution in [2.75, 3.05) is 14.1 Å². The van der Waals surface area contributed by atoms with Crippen LogP contribution < -0.4 is 5.32 Å². The lowest BCUT2D eigenvalue weighted by Gasteiger charge is -2.21. The number of benzene rings is 2. The molecule has 2 aromatic carbocycles. The maximum atomic E-state index is 13.5. The van der Waals surface area contributed by atoms with E-state index in [1.54, 1.807) is 19.2 Å². The Bertz CT molecular complexity index is 939. The minimum Gasteiger partial charge on any atom is -0.392 e. The van der Waals surface area contributed by atoms with Gasteiger partial charge in [-0.1, -0.05) is 24.3 Å². The Morgan fingerprint density at radius 1 is 1.21 bits per heavy atom. The smallest absolute Gasteiger partial charge is 0.193 e. The number of halogens is 1. The van der Waals surface area contributed by atoms with Crippen molar-refractivity contribution in [3.8, 4) is 5.69 Å². The second kappa shape index (κ2) is 9.14. The molecule has 0 aliphatic carbocycles. The summed E-state index contributed by atoms with van der Waals surface area (Å²) in [6.45, 7) is 0.797. The molecular weight excluding hydrogens is 357 g/mol. The lowest BCUT2D eigenvalue weighted by atomic mass is 10.1. The number of nitrogens with zero attached hydrogens (tertiary/aromatic N) is 4. The molecule has 6 nitrogen and oxygen atoms in total. The second-order valence-electron chi connectivity index (χ2n) is 6.47. The minimum atomic E-state index is -0.400. The van der Waals surface area contributed by atoms with Gasteiger partial charge in [-0.15, -0.1) is 0 Å². The highest BCUT2D eigenvalue weighted by Crippen LogP contribution is 2.12. The van der Waals surface area contributed by atoms with Crippen molar-refractivity contribution in [1.29, 1.82) is 0 Å². The third-order valence-corrected chi connectivity index (χ3v) is 4.38. The molecule has 1 aromatic heterocycles. The maximum Gasteiger partial charge on any atom is 0.193 e. The van der Waals surface area contributed by atoms with Crippen LogP contribution >= 0.6 is 0 Å². The van der Waals surface area contributed by atoms with Crippen molar-refractivity contribution >= 4 is 5.96 Å². The van der Waals surface area contributed by atoms with Gasteiger partial charge in [-0.2, -0.15) is 5.10 Å². The van der Waals surface area contributed by atoms with E-state index in [0.29, 0.717) is 19.0 Å². The van der Waals surface area contributed by atoms with E-state index >= 15 is 0 Å². The molecule has 0 atom stereocenters. The van der Waals surface area contributed by atoms with Crippen LogP contribution in [0.5, 0.6) is 0 Å². The van der Waals surface area contributed by atoms with E-state index in [1.165, 1.54) is 6.07 Å². The lowest BCUT2D eigenvalue weighted by Crippen LogP contribution is -2.38. The first kappa shape index (κ1) is 19.6. The molecule has 0 spiro atoms. The van der Waals surface area contributed by atoms with Crippen LogP contribution in [-0.4, -0.2) is 39.8 Å². The molecule has 7 heteroatoms. The highest BCUT2D eigenvalue weighted by molar-refractivity contribution is 5.79. The molecule has 3 rings (SSSR count). The SMILES string of the molecule is CN=C(NCc1ccc(F)c(CO)c1)N(C)Cc1cnn(-c2ccccc2)c1. The van der Waals surface area contributed by atoms with Crippen LogP contribution in [0.4, 0.5) is 4.39 Å². The molecule has 0 amide bonds. The first-order valence-corrected chi connectivity index (χ1v) is 8.99. The van der Waals surface area contributed by atoms with Crippen molar-refractivity contribution in [1.82, 2.24) is 20.0 Å². The molecule has 3 aromatic rings. The topological polar surface area (TPSA) is 65.7 Å². The van der Waals surface area contributed by atoms with E-state index in [4.69, 9.17) is 0 Å². The van der Waals surface area contributed by atoms with E-state index in [0.717, 1.165) is 16.8 Å². The number of guanidine groups is 1. The Hall–Kier alpha value is -3.19. The average Bonchev–Trinajstić information content (AvgIpc) is 3.18. The highest BCUT2D eigenvalue weighted by Gasteiger charge is 2.10. The lowest BCUT2D eigenvalue weighted by molar-refractivity contribution is 0.275. The highest BCUT2D eigenvalue weighted by atomic mass is 19.1. The van der Waals surface area contributed by atoms with Gasteiger partial charge < -0.3 is 15.3 Å². The Balaban J connectivity index is 1.61. The minimum absolute atomic E-state index is 0.288. The Morgan fingerprint density at radius 3 is 2.71 bits per heavy atom. The van der Waals surface area contributed by atoms with E-state index in [1.807, 2.05) is 59.4 Å². The van der Waals surface area contributed by atoms with Gasteiger partial charge in [0.25, 0.3) is 0 Å². The van der Waals surface area contributed by atoms with Crippen LogP contribution in [0.2, 0.25) is 0 Å². The first-order chi connectivity index (χ1) is 13.6. The molecule has 0 bridgehead atoms. The first-order valence-electron chi connectivity index (χ1n) is 8.99. The van der Waals surface area contributed by atoms with Gasteiger partial charge >= 0.3 is 0 Å². The zero-order valence-electron chi connectivity index (χ0n) is 16.0. The monoisotopic (exact) mass is 381 g/mol. The van der Waals surface area contributed by atoms with Crippen molar-refractivity contribution in [2.45, 2.75) is 19.7 Å². The van der Waals surface area contributed by atoms with Gasteiger partial charge in [-0.3, -0.25) is 4.99 Å². The van der Waals surface area contributed by atoms with Crippen LogP contribution in [0, 0.1) is 5.82 Å². The molecule has 0 saturated heterocycles. The number of hydrogen-bond donors (Lipinski definition) is 2. The van der Waals surface area contributed by atoms with Gasteiger partial charge in [0.15, 0.2) is 5.96 Å². The third kappa shape index (κ3) is 4.75. The fourth-order valence-electron chi connectivity index (χ4n) is 2.94. The van der Waals surface area contributed by atoms with E-state index < -0.39 is 5.82 Å². The van der Waals surface area contributed by atoms with Crippen molar-refractivity contribution in [3.63, 3.8) is 0 Å². The maximum absolute atomic E-state index is 13.5. The van der Waals surface area contributed by atoms with Crippen molar-refractivity contribution < 1.29 is 9.50 Å². The second-order valence-corrected chi connectivity index (χ2v) is 6.47. The standard InChI is InChI=1S/C21H24FN5O/c1-23-21(24-11-16-8-9-20(22)18(10-16)15-28)26(2)13-17-12-25-27(14-17)19-6-4-3-5-7-19/h3-10,12,14,28H,11,13,15H2,1-2H3,(H,23,24). The van der Waals surface area contributed by atoms with Crippen LogP contribution in [0.1, 0.15) is 16.7 Å². The number of aliphatic hydroxyl groups excluding tert-OH is 1. The predicted octanol–water partition coefficient (Wildman–Crippen LogP) is 2.71. The Labute approximate surface area is 164 Å². The summed E-state index contributed by atoms with van der Waals surface area (Å²) in [5, 5.41) is 16.9. The van der Waals surface area contributed by atoms with Gasteiger partial charge in [0.2, 0.25) is 0 Å². The fraction of sp³-hybridized carbons (Fsp3) is 0.238. The van der Waals surface area contributed by atoms with E-state index in [9.17, 15) is 9.50 Å². The fourth-order valence-corrected chi connectivity index (χ4v) is 2.94. The number of para-hydroxylation sites is 1. The van der Waals surface area contributed by atoms with Crippen LogP contribution in [-0.2, 0) is 19.7 Å². The molecule has 2 N–H and O–H groups in total. The zero-order valence-corrected chi connectivity index (χ0v) is 16.0. The van der Waals surface area contributed by atoms with Gasteiger partial charge in [0, 0.05) is 44.5 Å². The van der Waals surface area contributed by atoms with Gasteiger partial charge in [0.05, 0.1) is 18.5 Å². The van der Waals surface area contributed by atoms with Crippen LogP contribution in [0.25, 0.3) is 5.69 Å². The Morgan fingerprint density at radius 2 is 2.00 bits per heavy atom. The molecule has 28 heavy (non-hydrogen) atoms. The average molecular weight is 381 g/mol. The quantitative estimate of drug-likeness (QED) is 0.509. The van der Waals surface area contributed by atoms with E-state index in [2.05, 4.69) is 15.4 Å². The summed E-state index contributed by atoms with van der Waals surface area (Å²) < 4.78 is 15.4. The molecule has 0 saturated carbocycles. The summed E-state index contributed by atoms with van der Waals surface area (Å²) in [6, 6.07) is 14.7. The number of aromatic nitrogens is 2. The molecule has 146 valence electrons. The van der Waals surface area contributed by atoms with Crippen LogP contribution in [0.3, 0.4) is 0 Å². The third-order valence-electron chi connectivity index (χ3n) is 4.38. The molecule has 0 aliphatic rings. The number of aliphatic hydroxyl groups is 1. The summed E-state index contributed by atoms with van der Waals surface area (Å²) in [6.07, 6.45) is 3.83. The Kier molecular flexibility index (Phi) is 6.39. The predicted molar refractivity (Wildman–Crippen MR) is 108 cm³/mol. The van der Waals surface area contributed by atoms with Gasteiger partial charge in [-0.05, 0) is 29.8 Å². The summed E-state index contributed by atoms with van der Waals surface area (Å²) in [7, 11) is 3.66. The number of aliphatic imine (C=N–C) groups is 1. The molecule has 0 unspecified atom stereocenters. The normalized spacial score (nSPS) is 11.5. The molecule has 0 radical (unpaired) electrons. The van der Waals surface area contributed by atoms with Gasteiger partial charge in [-0.25, -0.2) is 9.07 Å². The summed E-state index contributed by atoms with van der Waals surface area (Å²) >= 11 is 0. The van der Waals surface area contributed by atoms with Crippen molar-refractivity contribution in [3.05, 3.63) is 83.4 Å².